The van der Waals surface area contributed by atoms with Gasteiger partial charge in [0.1, 0.15) is 6.33 Å². The average molecular weight is 262 g/mol. The zero-order valence-electron chi connectivity index (χ0n) is 11.0. The van der Waals surface area contributed by atoms with E-state index >= 15 is 0 Å². The van der Waals surface area contributed by atoms with Gasteiger partial charge in [0.15, 0.2) is 0 Å². The highest BCUT2D eigenvalue weighted by Gasteiger charge is 2.25. The zero-order chi connectivity index (χ0) is 13.4. The molecule has 4 nitrogen and oxygen atoms in total. The number of nitrogens with zero attached hydrogens (tertiary/aromatic N) is 4. The highest BCUT2D eigenvalue weighted by molar-refractivity contribution is 5.61. The fourth-order valence-corrected chi connectivity index (χ4v) is 2.34. The minimum Gasteiger partial charge on any atom is -0.241 e. The molecular formula is C16H14N4. The van der Waals surface area contributed by atoms with E-state index in [-0.39, 0.29) is 0 Å². The van der Waals surface area contributed by atoms with Crippen molar-refractivity contribution < 1.29 is 0 Å². The average Bonchev–Trinajstić information content (AvgIpc) is 3.23. The Kier molecular flexibility index (Phi) is 2.59. The van der Waals surface area contributed by atoms with E-state index in [2.05, 4.69) is 45.4 Å². The number of hydrogen-bond acceptors (Lipinski definition) is 3. The summed E-state index contributed by atoms with van der Waals surface area (Å²) in [6, 6.07) is 12.3. The van der Waals surface area contributed by atoms with Crippen molar-refractivity contribution in [1.29, 1.82) is 0 Å². The molecule has 98 valence electrons. The Bertz CT molecular complexity index is 712. The van der Waals surface area contributed by atoms with Gasteiger partial charge in [0.2, 0.25) is 0 Å². The van der Waals surface area contributed by atoms with Crippen LogP contribution < -0.4 is 0 Å². The van der Waals surface area contributed by atoms with Crippen molar-refractivity contribution in [3.8, 4) is 16.9 Å². The lowest BCUT2D eigenvalue weighted by Crippen LogP contribution is -1.94. The minimum absolute atomic E-state index is 0.653. The van der Waals surface area contributed by atoms with Crippen LogP contribution in [0.4, 0.5) is 0 Å². The number of rotatable bonds is 3. The highest BCUT2D eigenvalue weighted by atomic mass is 15.3. The van der Waals surface area contributed by atoms with Gasteiger partial charge in [-0.25, -0.2) is 14.6 Å². The molecule has 0 aliphatic heterocycles. The lowest BCUT2D eigenvalue weighted by molar-refractivity contribution is 0.880. The summed E-state index contributed by atoms with van der Waals surface area (Å²) >= 11 is 0. The summed E-state index contributed by atoms with van der Waals surface area (Å²) in [4.78, 5) is 8.74. The summed E-state index contributed by atoms with van der Waals surface area (Å²) < 4.78 is 1.85. The Hall–Kier alpha value is -2.49. The Balaban J connectivity index is 1.67. The molecule has 3 aromatic rings. The third-order valence-corrected chi connectivity index (χ3v) is 3.62. The first-order valence-electron chi connectivity index (χ1n) is 6.82. The Morgan fingerprint density at radius 1 is 1.05 bits per heavy atom. The van der Waals surface area contributed by atoms with Crippen LogP contribution in [-0.4, -0.2) is 19.7 Å². The van der Waals surface area contributed by atoms with Crippen LogP contribution in [0.5, 0.6) is 0 Å². The molecule has 0 spiro atoms. The molecule has 0 saturated heterocycles. The third kappa shape index (κ3) is 2.09. The highest BCUT2D eigenvalue weighted by Crippen LogP contribution is 2.39. The summed E-state index contributed by atoms with van der Waals surface area (Å²) in [7, 11) is 0. The monoisotopic (exact) mass is 262 g/mol. The minimum atomic E-state index is 0.653. The molecule has 0 amide bonds. The van der Waals surface area contributed by atoms with Crippen LogP contribution in [-0.2, 0) is 0 Å². The first kappa shape index (κ1) is 11.3. The van der Waals surface area contributed by atoms with E-state index in [1.807, 2.05) is 16.9 Å². The lowest BCUT2D eigenvalue weighted by atomic mass is 10.1. The van der Waals surface area contributed by atoms with E-state index in [0.29, 0.717) is 5.92 Å². The molecule has 0 unspecified atom stereocenters. The van der Waals surface area contributed by atoms with Crippen LogP contribution in [0.3, 0.4) is 0 Å². The normalized spacial score (nSPS) is 14.4. The van der Waals surface area contributed by atoms with Gasteiger partial charge < -0.3 is 0 Å². The number of hydrogen-bond donors (Lipinski definition) is 0. The first-order valence-corrected chi connectivity index (χ1v) is 6.82. The summed E-state index contributed by atoms with van der Waals surface area (Å²) in [5.41, 5.74) is 4.33. The maximum absolute atomic E-state index is 4.38. The number of aromatic nitrogens is 4. The molecular weight excluding hydrogens is 248 g/mol. The van der Waals surface area contributed by atoms with Crippen molar-refractivity contribution in [2.45, 2.75) is 18.8 Å². The van der Waals surface area contributed by atoms with Crippen molar-refractivity contribution in [3.63, 3.8) is 0 Å². The van der Waals surface area contributed by atoms with E-state index < -0.39 is 0 Å². The quantitative estimate of drug-likeness (QED) is 0.728. The second kappa shape index (κ2) is 4.56. The Morgan fingerprint density at radius 2 is 1.90 bits per heavy atom. The van der Waals surface area contributed by atoms with Crippen molar-refractivity contribution in [2.75, 3.05) is 0 Å². The van der Waals surface area contributed by atoms with Crippen LogP contribution in [0.2, 0.25) is 0 Å². The lowest BCUT2D eigenvalue weighted by Gasteiger charge is -2.05. The van der Waals surface area contributed by atoms with Crippen molar-refractivity contribution in [2.24, 2.45) is 0 Å². The van der Waals surface area contributed by atoms with E-state index in [1.165, 1.54) is 18.5 Å². The van der Waals surface area contributed by atoms with Crippen LogP contribution in [0, 0.1) is 0 Å². The molecule has 0 radical (unpaired) electrons. The summed E-state index contributed by atoms with van der Waals surface area (Å²) in [5, 5.41) is 4.23. The fraction of sp³-hybridized carbons (Fsp3) is 0.188. The van der Waals surface area contributed by atoms with Gasteiger partial charge in [-0.05, 0) is 37.1 Å². The molecule has 0 bridgehead atoms. The molecule has 2 heterocycles. The smallest absolute Gasteiger partial charge is 0.116 e. The molecule has 20 heavy (non-hydrogen) atoms. The molecule has 1 aliphatic carbocycles. The van der Waals surface area contributed by atoms with Gasteiger partial charge in [-0.15, -0.1) is 0 Å². The van der Waals surface area contributed by atoms with Crippen molar-refractivity contribution in [3.05, 3.63) is 60.8 Å². The van der Waals surface area contributed by atoms with E-state index in [9.17, 15) is 0 Å². The van der Waals surface area contributed by atoms with Gasteiger partial charge in [-0.2, -0.15) is 5.10 Å². The summed E-state index contributed by atoms with van der Waals surface area (Å²) in [6.45, 7) is 0. The van der Waals surface area contributed by atoms with E-state index in [1.54, 1.807) is 12.5 Å². The van der Waals surface area contributed by atoms with Crippen LogP contribution in [0.25, 0.3) is 16.9 Å². The third-order valence-electron chi connectivity index (χ3n) is 3.62. The van der Waals surface area contributed by atoms with Gasteiger partial charge in [0, 0.05) is 29.6 Å². The van der Waals surface area contributed by atoms with Crippen molar-refractivity contribution in [1.82, 2.24) is 19.7 Å². The molecule has 4 rings (SSSR count). The SMILES string of the molecule is c1cnn(-c2ccc(-c3cc(C4CC4)ncn3)cc2)c1. The number of benzene rings is 1. The Morgan fingerprint density at radius 3 is 2.60 bits per heavy atom. The Labute approximate surface area is 117 Å². The van der Waals surface area contributed by atoms with Gasteiger partial charge >= 0.3 is 0 Å². The van der Waals surface area contributed by atoms with Gasteiger partial charge in [-0.3, -0.25) is 0 Å². The maximum Gasteiger partial charge on any atom is 0.116 e. The molecule has 0 atom stereocenters. The molecule has 0 N–H and O–H groups in total. The molecule has 4 heteroatoms. The van der Waals surface area contributed by atoms with Gasteiger partial charge in [-0.1, -0.05) is 12.1 Å². The molecule has 1 saturated carbocycles. The molecule has 2 aromatic heterocycles. The van der Waals surface area contributed by atoms with E-state index in [4.69, 9.17) is 0 Å². The van der Waals surface area contributed by atoms with Crippen LogP contribution in [0.1, 0.15) is 24.5 Å². The molecule has 1 aromatic carbocycles. The fourth-order valence-electron chi connectivity index (χ4n) is 2.34. The largest absolute Gasteiger partial charge is 0.241 e. The standard InChI is InChI=1S/C16H14N4/c1-8-19-20(9-1)14-6-4-13(5-7-14)16-10-15(12-2-3-12)17-11-18-16/h1,4-12H,2-3H2. The topological polar surface area (TPSA) is 43.6 Å². The second-order valence-electron chi connectivity index (χ2n) is 5.10. The van der Waals surface area contributed by atoms with Gasteiger partial charge in [0.05, 0.1) is 11.4 Å². The maximum atomic E-state index is 4.38. The molecule has 1 aliphatic rings. The first-order chi connectivity index (χ1) is 9.90. The summed E-state index contributed by atoms with van der Waals surface area (Å²) in [6.07, 6.45) is 7.90. The van der Waals surface area contributed by atoms with Crippen LogP contribution in [0.15, 0.2) is 55.1 Å². The van der Waals surface area contributed by atoms with E-state index in [0.717, 1.165) is 16.9 Å². The van der Waals surface area contributed by atoms with Gasteiger partial charge in [0.25, 0.3) is 0 Å². The predicted molar refractivity (Wildman–Crippen MR) is 76.6 cm³/mol. The van der Waals surface area contributed by atoms with Crippen molar-refractivity contribution >= 4 is 0 Å². The van der Waals surface area contributed by atoms with Crippen LogP contribution >= 0.6 is 0 Å². The second-order valence-corrected chi connectivity index (χ2v) is 5.10. The molecule has 1 fully saturated rings. The summed E-state index contributed by atoms with van der Waals surface area (Å²) in [5.74, 6) is 0.653. The zero-order valence-corrected chi connectivity index (χ0v) is 11.0. The predicted octanol–water partition coefficient (Wildman–Crippen LogP) is 3.21.